The molecule has 0 aliphatic rings. The van der Waals surface area contributed by atoms with Crippen LogP contribution < -0.4 is 5.32 Å². The summed E-state index contributed by atoms with van der Waals surface area (Å²) in [6, 6.07) is 11.6. The van der Waals surface area contributed by atoms with Crippen LogP contribution in [-0.2, 0) is 14.3 Å². The van der Waals surface area contributed by atoms with E-state index >= 15 is 0 Å². The lowest BCUT2D eigenvalue weighted by atomic mass is 10.0. The fourth-order valence-corrected chi connectivity index (χ4v) is 2.36. The molecule has 0 saturated carbocycles. The summed E-state index contributed by atoms with van der Waals surface area (Å²) in [4.78, 5) is 23.6. The third-order valence-electron chi connectivity index (χ3n) is 4.01. The Bertz CT molecular complexity index is 830. The number of benzene rings is 2. The van der Waals surface area contributed by atoms with Gasteiger partial charge in [-0.05, 0) is 61.2 Å². The Kier molecular flexibility index (Phi) is 6.67. The van der Waals surface area contributed by atoms with Crippen LogP contribution in [0.2, 0.25) is 0 Å². The number of rotatable bonds is 6. The maximum absolute atomic E-state index is 13.1. The van der Waals surface area contributed by atoms with Crippen molar-refractivity contribution in [2.75, 3.05) is 6.61 Å². The number of esters is 1. The van der Waals surface area contributed by atoms with Crippen molar-refractivity contribution in [2.24, 2.45) is 0 Å². The second-order valence-corrected chi connectivity index (χ2v) is 6.13. The molecular formula is C21H22FNO3. The van der Waals surface area contributed by atoms with E-state index in [-0.39, 0.29) is 24.4 Å². The molecule has 0 unspecified atom stereocenters. The second-order valence-electron chi connectivity index (χ2n) is 6.13. The number of ether oxygens (including phenoxy) is 1. The van der Waals surface area contributed by atoms with Crippen molar-refractivity contribution in [3.63, 3.8) is 0 Å². The first kappa shape index (κ1) is 19.4. The van der Waals surface area contributed by atoms with E-state index in [2.05, 4.69) is 5.32 Å². The van der Waals surface area contributed by atoms with Gasteiger partial charge < -0.3 is 10.1 Å². The highest BCUT2D eigenvalue weighted by atomic mass is 19.1. The summed E-state index contributed by atoms with van der Waals surface area (Å²) in [5, 5.41) is 2.79. The summed E-state index contributed by atoms with van der Waals surface area (Å²) >= 11 is 0. The summed E-state index contributed by atoms with van der Waals surface area (Å²) in [5.74, 6) is -1.44. The largest absolute Gasteiger partial charge is 0.452 e. The number of nitrogens with one attached hydrogen (secondary N) is 1. The zero-order chi connectivity index (χ0) is 19.1. The van der Waals surface area contributed by atoms with Gasteiger partial charge in [-0.15, -0.1) is 0 Å². The van der Waals surface area contributed by atoms with Gasteiger partial charge in [0.2, 0.25) is 0 Å². The lowest BCUT2D eigenvalue weighted by molar-refractivity contribution is -0.144. The molecule has 136 valence electrons. The number of amides is 1. The van der Waals surface area contributed by atoms with Crippen LogP contribution in [0, 0.1) is 19.7 Å². The van der Waals surface area contributed by atoms with Crippen molar-refractivity contribution in [1.82, 2.24) is 5.32 Å². The normalized spacial score (nSPS) is 12.0. The number of hydrogen-bond acceptors (Lipinski definition) is 3. The average molecular weight is 355 g/mol. The lowest BCUT2D eigenvalue weighted by Crippen LogP contribution is -2.31. The molecule has 2 aromatic carbocycles. The molecule has 0 spiro atoms. The highest BCUT2D eigenvalue weighted by Gasteiger charge is 2.11. The molecule has 5 heteroatoms. The average Bonchev–Trinajstić information content (AvgIpc) is 2.60. The molecule has 0 saturated heterocycles. The standard InChI is InChI=1S/C21H22FNO3/c1-14-7-9-18(11-15(14)2)16(3)23-20(24)13-26-21(25)10-8-17-5-4-6-19(22)12-17/h4-12,16H,13H2,1-3H3,(H,23,24)/b10-8+/t16-/m0/s1. The summed E-state index contributed by atoms with van der Waals surface area (Å²) in [7, 11) is 0. The third kappa shape index (κ3) is 5.84. The molecular weight excluding hydrogens is 333 g/mol. The number of carbonyl (C=O) groups is 2. The Morgan fingerprint density at radius 3 is 2.62 bits per heavy atom. The lowest BCUT2D eigenvalue weighted by Gasteiger charge is -2.15. The molecule has 0 fully saturated rings. The first-order chi connectivity index (χ1) is 12.3. The highest BCUT2D eigenvalue weighted by Crippen LogP contribution is 2.16. The van der Waals surface area contributed by atoms with Gasteiger partial charge in [0.15, 0.2) is 6.61 Å². The highest BCUT2D eigenvalue weighted by molar-refractivity contribution is 5.89. The predicted molar refractivity (Wildman–Crippen MR) is 98.9 cm³/mol. The van der Waals surface area contributed by atoms with Crippen molar-refractivity contribution in [3.8, 4) is 0 Å². The van der Waals surface area contributed by atoms with Crippen molar-refractivity contribution in [3.05, 3.63) is 76.6 Å². The third-order valence-corrected chi connectivity index (χ3v) is 4.01. The zero-order valence-electron chi connectivity index (χ0n) is 15.1. The monoisotopic (exact) mass is 355 g/mol. The molecule has 1 atom stereocenters. The van der Waals surface area contributed by atoms with Gasteiger partial charge in [-0.1, -0.05) is 30.3 Å². The molecule has 2 aromatic rings. The van der Waals surface area contributed by atoms with Gasteiger partial charge in [0.1, 0.15) is 5.82 Å². The number of aryl methyl sites for hydroxylation is 2. The molecule has 2 rings (SSSR count). The molecule has 0 aromatic heterocycles. The fraction of sp³-hybridized carbons (Fsp3) is 0.238. The quantitative estimate of drug-likeness (QED) is 0.632. The summed E-state index contributed by atoms with van der Waals surface area (Å²) in [5.41, 5.74) is 3.86. The van der Waals surface area contributed by atoms with Crippen LogP contribution in [0.5, 0.6) is 0 Å². The van der Waals surface area contributed by atoms with E-state index in [0.29, 0.717) is 5.56 Å². The van der Waals surface area contributed by atoms with Crippen molar-refractivity contribution >= 4 is 18.0 Å². The SMILES string of the molecule is Cc1ccc([C@H](C)NC(=O)COC(=O)/C=C/c2cccc(F)c2)cc1C. The molecule has 1 amide bonds. The fourth-order valence-electron chi connectivity index (χ4n) is 2.36. The van der Waals surface area contributed by atoms with Crippen LogP contribution in [0.3, 0.4) is 0 Å². The Morgan fingerprint density at radius 1 is 1.15 bits per heavy atom. The van der Waals surface area contributed by atoms with Gasteiger partial charge in [-0.3, -0.25) is 4.79 Å². The van der Waals surface area contributed by atoms with E-state index in [0.717, 1.165) is 17.2 Å². The Balaban J connectivity index is 1.82. The maximum Gasteiger partial charge on any atom is 0.331 e. The maximum atomic E-state index is 13.1. The van der Waals surface area contributed by atoms with Crippen LogP contribution in [0.4, 0.5) is 4.39 Å². The number of carbonyl (C=O) groups excluding carboxylic acids is 2. The Morgan fingerprint density at radius 2 is 1.92 bits per heavy atom. The van der Waals surface area contributed by atoms with E-state index in [9.17, 15) is 14.0 Å². The number of halogens is 1. The van der Waals surface area contributed by atoms with Gasteiger partial charge in [0.05, 0.1) is 6.04 Å². The van der Waals surface area contributed by atoms with Gasteiger partial charge in [-0.2, -0.15) is 0 Å². The first-order valence-electron chi connectivity index (χ1n) is 8.32. The van der Waals surface area contributed by atoms with E-state index in [1.807, 2.05) is 39.0 Å². The van der Waals surface area contributed by atoms with Crippen LogP contribution >= 0.6 is 0 Å². The summed E-state index contributed by atoms with van der Waals surface area (Å²) in [6.07, 6.45) is 2.59. The van der Waals surface area contributed by atoms with E-state index in [1.54, 1.807) is 12.1 Å². The van der Waals surface area contributed by atoms with E-state index in [4.69, 9.17) is 4.74 Å². The van der Waals surface area contributed by atoms with Gasteiger partial charge in [0.25, 0.3) is 5.91 Å². The number of hydrogen-bond donors (Lipinski definition) is 1. The van der Waals surface area contributed by atoms with Crippen molar-refractivity contribution in [1.29, 1.82) is 0 Å². The zero-order valence-corrected chi connectivity index (χ0v) is 15.1. The van der Waals surface area contributed by atoms with E-state index < -0.39 is 5.97 Å². The minimum absolute atomic E-state index is 0.191. The second kappa shape index (κ2) is 8.94. The van der Waals surface area contributed by atoms with Gasteiger partial charge >= 0.3 is 5.97 Å². The molecule has 26 heavy (non-hydrogen) atoms. The summed E-state index contributed by atoms with van der Waals surface area (Å²) in [6.45, 7) is 5.54. The molecule has 0 aliphatic heterocycles. The molecule has 0 aliphatic carbocycles. The Hall–Kier alpha value is -2.95. The van der Waals surface area contributed by atoms with Gasteiger partial charge in [0, 0.05) is 6.08 Å². The molecule has 0 bridgehead atoms. The minimum Gasteiger partial charge on any atom is -0.452 e. The van der Waals surface area contributed by atoms with Crippen LogP contribution in [0.15, 0.2) is 48.5 Å². The van der Waals surface area contributed by atoms with Crippen LogP contribution in [0.25, 0.3) is 6.08 Å². The van der Waals surface area contributed by atoms with Crippen molar-refractivity contribution < 1.29 is 18.7 Å². The first-order valence-corrected chi connectivity index (χ1v) is 8.32. The van der Waals surface area contributed by atoms with E-state index in [1.165, 1.54) is 23.8 Å². The van der Waals surface area contributed by atoms with Crippen LogP contribution in [0.1, 0.15) is 35.2 Å². The van der Waals surface area contributed by atoms with Gasteiger partial charge in [-0.25, -0.2) is 9.18 Å². The Labute approximate surface area is 152 Å². The smallest absolute Gasteiger partial charge is 0.331 e. The topological polar surface area (TPSA) is 55.4 Å². The molecule has 0 heterocycles. The predicted octanol–water partition coefficient (Wildman–Crippen LogP) is 3.88. The van der Waals surface area contributed by atoms with Crippen LogP contribution in [-0.4, -0.2) is 18.5 Å². The molecule has 4 nitrogen and oxygen atoms in total. The van der Waals surface area contributed by atoms with Crippen molar-refractivity contribution in [2.45, 2.75) is 26.8 Å². The summed E-state index contributed by atoms with van der Waals surface area (Å²) < 4.78 is 18.0. The molecule has 0 radical (unpaired) electrons. The molecule has 1 N–H and O–H groups in total. The minimum atomic E-state index is -0.664.